The third kappa shape index (κ3) is 3.56. The summed E-state index contributed by atoms with van der Waals surface area (Å²) in [7, 11) is 0. The molecule has 0 radical (unpaired) electrons. The zero-order valence-corrected chi connectivity index (χ0v) is 13.8. The minimum absolute atomic E-state index is 0.00995. The molecule has 1 N–H and O–H groups in total. The molecule has 3 rings (SSSR count). The van der Waals surface area contributed by atoms with E-state index in [4.69, 9.17) is 4.74 Å². The van der Waals surface area contributed by atoms with Crippen LogP contribution >= 0.6 is 0 Å². The largest absolute Gasteiger partial charge is 0.482 e. The van der Waals surface area contributed by atoms with Gasteiger partial charge >= 0.3 is 0 Å². The van der Waals surface area contributed by atoms with Crippen LogP contribution in [0.3, 0.4) is 0 Å². The maximum Gasteiger partial charge on any atom is 0.265 e. The summed E-state index contributed by atoms with van der Waals surface area (Å²) in [6, 6.07) is 13.3. The maximum atomic E-state index is 12.1. The normalized spacial score (nSPS) is 13.2. The molecule has 0 saturated heterocycles. The van der Waals surface area contributed by atoms with E-state index in [0.717, 1.165) is 22.5 Å². The average molecular weight is 324 g/mol. The lowest BCUT2D eigenvalue weighted by Gasteiger charge is -2.29. The first-order valence-electron chi connectivity index (χ1n) is 7.93. The van der Waals surface area contributed by atoms with Crippen LogP contribution in [0.4, 0.5) is 11.4 Å². The van der Waals surface area contributed by atoms with E-state index in [1.807, 2.05) is 56.3 Å². The molecule has 24 heavy (non-hydrogen) atoms. The third-order valence-electron chi connectivity index (χ3n) is 3.96. The van der Waals surface area contributed by atoms with Crippen LogP contribution in [0.25, 0.3) is 0 Å². The van der Waals surface area contributed by atoms with Crippen molar-refractivity contribution in [2.45, 2.75) is 20.3 Å². The molecule has 5 nitrogen and oxygen atoms in total. The fourth-order valence-corrected chi connectivity index (χ4v) is 2.63. The van der Waals surface area contributed by atoms with E-state index in [-0.39, 0.29) is 24.8 Å². The SMILES string of the molecule is Cc1ccc(NC(=O)CCN2C(=O)COc3cc(C)ccc32)cc1. The summed E-state index contributed by atoms with van der Waals surface area (Å²) in [5.41, 5.74) is 3.69. The number of anilines is 2. The predicted molar refractivity (Wildman–Crippen MR) is 93.5 cm³/mol. The predicted octanol–water partition coefficient (Wildman–Crippen LogP) is 3.06. The Morgan fingerprint density at radius 1 is 1.12 bits per heavy atom. The molecule has 0 aliphatic carbocycles. The van der Waals surface area contributed by atoms with E-state index in [9.17, 15) is 9.59 Å². The molecule has 2 aromatic rings. The van der Waals surface area contributed by atoms with Gasteiger partial charge in [-0.3, -0.25) is 9.59 Å². The highest BCUT2D eigenvalue weighted by Gasteiger charge is 2.25. The minimum atomic E-state index is -0.130. The molecule has 0 unspecified atom stereocenters. The highest BCUT2D eigenvalue weighted by Crippen LogP contribution is 2.32. The van der Waals surface area contributed by atoms with Gasteiger partial charge in [-0.05, 0) is 43.7 Å². The molecule has 0 bridgehead atoms. The lowest BCUT2D eigenvalue weighted by Crippen LogP contribution is -2.40. The fourth-order valence-electron chi connectivity index (χ4n) is 2.63. The Bertz CT molecular complexity index is 769. The summed E-state index contributed by atoms with van der Waals surface area (Å²) in [6.07, 6.45) is 0.229. The van der Waals surface area contributed by atoms with Crippen LogP contribution in [-0.2, 0) is 9.59 Å². The number of amides is 2. The molecule has 2 amide bonds. The maximum absolute atomic E-state index is 12.1. The molecular weight excluding hydrogens is 304 g/mol. The molecule has 2 aromatic carbocycles. The third-order valence-corrected chi connectivity index (χ3v) is 3.96. The standard InChI is InChI=1S/C19H20N2O3/c1-13-3-6-15(7-4-13)20-18(22)9-10-21-16-8-5-14(2)11-17(16)24-12-19(21)23/h3-8,11H,9-10,12H2,1-2H3,(H,20,22). The number of fused-ring (bicyclic) bond motifs is 1. The van der Waals surface area contributed by atoms with E-state index < -0.39 is 0 Å². The summed E-state index contributed by atoms with van der Waals surface area (Å²) in [5.74, 6) is 0.440. The Morgan fingerprint density at radius 3 is 2.58 bits per heavy atom. The van der Waals surface area contributed by atoms with E-state index in [1.165, 1.54) is 0 Å². The number of benzene rings is 2. The van der Waals surface area contributed by atoms with Crippen molar-refractivity contribution >= 4 is 23.2 Å². The number of carbonyl (C=O) groups is 2. The Morgan fingerprint density at radius 2 is 1.83 bits per heavy atom. The van der Waals surface area contributed by atoms with Crippen LogP contribution in [0.1, 0.15) is 17.5 Å². The van der Waals surface area contributed by atoms with Crippen LogP contribution in [0, 0.1) is 13.8 Å². The number of ether oxygens (including phenoxy) is 1. The van der Waals surface area contributed by atoms with Gasteiger partial charge in [0, 0.05) is 18.7 Å². The zero-order chi connectivity index (χ0) is 17.1. The molecule has 0 fully saturated rings. The molecule has 1 heterocycles. The van der Waals surface area contributed by atoms with E-state index in [0.29, 0.717) is 12.3 Å². The fraction of sp³-hybridized carbons (Fsp3) is 0.263. The van der Waals surface area contributed by atoms with Crippen molar-refractivity contribution in [2.75, 3.05) is 23.4 Å². The van der Waals surface area contributed by atoms with E-state index in [1.54, 1.807) is 4.90 Å². The summed E-state index contributed by atoms with van der Waals surface area (Å²) in [5, 5.41) is 2.85. The molecule has 1 aliphatic heterocycles. The molecule has 1 aliphatic rings. The van der Waals surface area contributed by atoms with Crippen molar-refractivity contribution < 1.29 is 14.3 Å². The topological polar surface area (TPSA) is 58.6 Å². The van der Waals surface area contributed by atoms with Crippen molar-refractivity contribution in [2.24, 2.45) is 0 Å². The highest BCUT2D eigenvalue weighted by atomic mass is 16.5. The van der Waals surface area contributed by atoms with Crippen LogP contribution in [0.5, 0.6) is 5.75 Å². The van der Waals surface area contributed by atoms with Gasteiger partial charge in [0.1, 0.15) is 5.75 Å². The second-order valence-electron chi connectivity index (χ2n) is 5.97. The first kappa shape index (κ1) is 16.1. The molecular formula is C19H20N2O3. The first-order valence-corrected chi connectivity index (χ1v) is 7.93. The second-order valence-corrected chi connectivity index (χ2v) is 5.97. The van der Waals surface area contributed by atoms with Crippen molar-refractivity contribution in [1.29, 1.82) is 0 Å². The Balaban J connectivity index is 1.64. The van der Waals surface area contributed by atoms with Crippen molar-refractivity contribution in [3.05, 3.63) is 53.6 Å². The van der Waals surface area contributed by atoms with Crippen molar-refractivity contribution in [3.63, 3.8) is 0 Å². The van der Waals surface area contributed by atoms with Gasteiger partial charge in [-0.15, -0.1) is 0 Å². The molecule has 0 atom stereocenters. The summed E-state index contributed by atoms with van der Waals surface area (Å²) >= 11 is 0. The van der Waals surface area contributed by atoms with Crippen LogP contribution in [0.15, 0.2) is 42.5 Å². The van der Waals surface area contributed by atoms with Gasteiger partial charge in [-0.25, -0.2) is 0 Å². The second kappa shape index (κ2) is 6.74. The highest BCUT2D eigenvalue weighted by molar-refractivity contribution is 5.99. The van der Waals surface area contributed by atoms with Gasteiger partial charge in [-0.1, -0.05) is 23.8 Å². The van der Waals surface area contributed by atoms with Gasteiger partial charge in [-0.2, -0.15) is 0 Å². The summed E-state index contributed by atoms with van der Waals surface area (Å²) < 4.78 is 5.47. The monoisotopic (exact) mass is 324 g/mol. The number of rotatable bonds is 4. The lowest BCUT2D eigenvalue weighted by molar-refractivity contribution is -0.121. The number of carbonyl (C=O) groups excluding carboxylic acids is 2. The lowest BCUT2D eigenvalue weighted by atomic mass is 10.1. The quantitative estimate of drug-likeness (QED) is 0.940. The summed E-state index contributed by atoms with van der Waals surface area (Å²) in [4.78, 5) is 25.9. The summed E-state index contributed by atoms with van der Waals surface area (Å²) in [6.45, 7) is 4.31. The molecule has 5 heteroatoms. The van der Waals surface area contributed by atoms with Crippen LogP contribution in [-0.4, -0.2) is 25.0 Å². The van der Waals surface area contributed by atoms with Crippen LogP contribution < -0.4 is 15.0 Å². The molecule has 0 spiro atoms. The smallest absolute Gasteiger partial charge is 0.265 e. The van der Waals surface area contributed by atoms with Gasteiger partial charge in [0.2, 0.25) is 5.91 Å². The number of hydrogen-bond donors (Lipinski definition) is 1. The van der Waals surface area contributed by atoms with Crippen molar-refractivity contribution in [1.82, 2.24) is 0 Å². The van der Waals surface area contributed by atoms with Gasteiger partial charge in [0.15, 0.2) is 6.61 Å². The van der Waals surface area contributed by atoms with Gasteiger partial charge < -0.3 is 15.0 Å². The van der Waals surface area contributed by atoms with E-state index >= 15 is 0 Å². The van der Waals surface area contributed by atoms with Gasteiger partial charge in [0.05, 0.1) is 5.69 Å². The Labute approximate surface area is 141 Å². The Kier molecular flexibility index (Phi) is 4.51. The number of hydrogen-bond acceptors (Lipinski definition) is 3. The number of aryl methyl sites for hydroxylation is 2. The minimum Gasteiger partial charge on any atom is -0.482 e. The number of nitrogens with zero attached hydrogens (tertiary/aromatic N) is 1. The van der Waals surface area contributed by atoms with E-state index in [2.05, 4.69) is 5.32 Å². The molecule has 0 saturated carbocycles. The first-order chi connectivity index (χ1) is 11.5. The molecule has 124 valence electrons. The van der Waals surface area contributed by atoms with Crippen molar-refractivity contribution in [3.8, 4) is 5.75 Å². The molecule has 0 aromatic heterocycles. The van der Waals surface area contributed by atoms with Gasteiger partial charge in [0.25, 0.3) is 5.91 Å². The number of nitrogens with one attached hydrogen (secondary N) is 1. The Hall–Kier alpha value is -2.82. The van der Waals surface area contributed by atoms with Crippen LogP contribution in [0.2, 0.25) is 0 Å². The average Bonchev–Trinajstić information content (AvgIpc) is 2.56. The zero-order valence-electron chi connectivity index (χ0n) is 13.8.